The van der Waals surface area contributed by atoms with Gasteiger partial charge in [-0.2, -0.15) is 0 Å². The quantitative estimate of drug-likeness (QED) is 0.767. The summed E-state index contributed by atoms with van der Waals surface area (Å²) >= 11 is 1.66. The number of nitrogens with one attached hydrogen (secondary N) is 1. The molecule has 0 bridgehead atoms. The van der Waals surface area contributed by atoms with Crippen LogP contribution in [0.25, 0.3) is 10.9 Å². The number of rotatable bonds is 3. The molecule has 0 aliphatic carbocycles. The van der Waals surface area contributed by atoms with E-state index in [1.807, 2.05) is 12.3 Å². The van der Waals surface area contributed by atoms with Gasteiger partial charge in [0.05, 0.1) is 11.2 Å². The molecule has 108 valence electrons. The van der Waals surface area contributed by atoms with Crippen molar-refractivity contribution in [2.75, 3.05) is 5.32 Å². The zero-order valence-corrected chi connectivity index (χ0v) is 13.4. The monoisotopic (exact) mass is 297 g/mol. The second kappa shape index (κ2) is 5.45. The average Bonchev–Trinajstić information content (AvgIpc) is 2.94. The number of nitrogens with zero attached hydrogens (tertiary/aromatic N) is 2. The van der Waals surface area contributed by atoms with Crippen molar-refractivity contribution in [2.45, 2.75) is 32.7 Å². The first-order valence-electron chi connectivity index (χ1n) is 7.06. The Kier molecular flexibility index (Phi) is 3.64. The highest BCUT2D eigenvalue weighted by Gasteiger charge is 2.17. The predicted molar refractivity (Wildman–Crippen MR) is 89.9 cm³/mol. The molecule has 3 aromatic rings. The SMILES string of the molecule is CC(C)(C)c1csc(NCc2ccc3ncccc3c2)n1. The Morgan fingerprint density at radius 3 is 2.81 bits per heavy atom. The van der Waals surface area contributed by atoms with Crippen LogP contribution in [0.3, 0.4) is 0 Å². The molecular weight excluding hydrogens is 278 g/mol. The molecule has 0 atom stereocenters. The molecule has 3 nitrogen and oxygen atoms in total. The van der Waals surface area contributed by atoms with E-state index in [9.17, 15) is 0 Å². The third-order valence-electron chi connectivity index (χ3n) is 3.38. The highest BCUT2D eigenvalue weighted by atomic mass is 32.1. The van der Waals surface area contributed by atoms with Crippen molar-refractivity contribution >= 4 is 27.4 Å². The van der Waals surface area contributed by atoms with E-state index in [2.05, 4.69) is 65.7 Å². The van der Waals surface area contributed by atoms with Gasteiger partial charge in [0.1, 0.15) is 0 Å². The molecule has 0 aliphatic heterocycles. The van der Waals surface area contributed by atoms with Crippen LogP contribution < -0.4 is 5.32 Å². The van der Waals surface area contributed by atoms with Crippen LogP contribution in [0.15, 0.2) is 41.9 Å². The minimum Gasteiger partial charge on any atom is -0.357 e. The van der Waals surface area contributed by atoms with E-state index in [4.69, 9.17) is 0 Å². The number of hydrogen-bond donors (Lipinski definition) is 1. The molecule has 1 N–H and O–H groups in total. The van der Waals surface area contributed by atoms with E-state index in [0.717, 1.165) is 22.9 Å². The molecule has 0 unspecified atom stereocenters. The van der Waals surface area contributed by atoms with Crippen molar-refractivity contribution in [1.82, 2.24) is 9.97 Å². The molecular formula is C17H19N3S. The van der Waals surface area contributed by atoms with Crippen molar-refractivity contribution in [3.63, 3.8) is 0 Å². The van der Waals surface area contributed by atoms with Gasteiger partial charge in [0.25, 0.3) is 0 Å². The normalized spacial score (nSPS) is 11.8. The smallest absolute Gasteiger partial charge is 0.183 e. The summed E-state index contributed by atoms with van der Waals surface area (Å²) in [6.45, 7) is 7.33. The Hall–Kier alpha value is -1.94. The van der Waals surface area contributed by atoms with E-state index in [1.54, 1.807) is 11.3 Å². The fourth-order valence-electron chi connectivity index (χ4n) is 2.11. The van der Waals surface area contributed by atoms with Gasteiger partial charge >= 0.3 is 0 Å². The van der Waals surface area contributed by atoms with Crippen molar-refractivity contribution in [3.05, 3.63) is 53.2 Å². The second-order valence-corrected chi connectivity index (χ2v) is 7.03. The van der Waals surface area contributed by atoms with E-state index in [0.29, 0.717) is 0 Å². The topological polar surface area (TPSA) is 37.8 Å². The summed E-state index contributed by atoms with van der Waals surface area (Å²) < 4.78 is 0. The van der Waals surface area contributed by atoms with Gasteiger partial charge in [0.15, 0.2) is 5.13 Å². The second-order valence-electron chi connectivity index (χ2n) is 6.17. The third kappa shape index (κ3) is 3.22. The van der Waals surface area contributed by atoms with Gasteiger partial charge in [-0.25, -0.2) is 4.98 Å². The Morgan fingerprint density at radius 2 is 2.05 bits per heavy atom. The van der Waals surface area contributed by atoms with Crippen molar-refractivity contribution in [3.8, 4) is 0 Å². The van der Waals surface area contributed by atoms with Crippen LogP contribution in [0.5, 0.6) is 0 Å². The first kappa shape index (κ1) is 14.0. The van der Waals surface area contributed by atoms with Crippen LogP contribution in [0.4, 0.5) is 5.13 Å². The summed E-state index contributed by atoms with van der Waals surface area (Å²) in [5.41, 5.74) is 3.51. The van der Waals surface area contributed by atoms with E-state index >= 15 is 0 Å². The number of fused-ring (bicyclic) bond motifs is 1. The fourth-order valence-corrected chi connectivity index (χ4v) is 3.05. The molecule has 0 amide bonds. The third-order valence-corrected chi connectivity index (χ3v) is 4.18. The summed E-state index contributed by atoms with van der Waals surface area (Å²) in [6, 6.07) is 10.4. The number of hydrogen-bond acceptors (Lipinski definition) is 4. The molecule has 2 heterocycles. The summed E-state index contributed by atoms with van der Waals surface area (Å²) in [5, 5.41) is 7.69. The minimum absolute atomic E-state index is 0.102. The molecule has 1 aromatic carbocycles. The highest BCUT2D eigenvalue weighted by molar-refractivity contribution is 7.13. The van der Waals surface area contributed by atoms with Crippen LogP contribution >= 0.6 is 11.3 Å². The standard InChI is InChI=1S/C17H19N3S/c1-17(2,3)15-11-21-16(20-15)19-10-12-6-7-14-13(9-12)5-4-8-18-14/h4-9,11H,10H2,1-3H3,(H,19,20). The van der Waals surface area contributed by atoms with Crippen molar-refractivity contribution < 1.29 is 0 Å². The first-order valence-corrected chi connectivity index (χ1v) is 7.94. The van der Waals surface area contributed by atoms with Gasteiger partial charge < -0.3 is 5.32 Å². The van der Waals surface area contributed by atoms with Crippen LogP contribution in [0.1, 0.15) is 32.0 Å². The summed E-state index contributed by atoms with van der Waals surface area (Å²) in [4.78, 5) is 8.99. The van der Waals surface area contributed by atoms with Crippen LogP contribution in [-0.4, -0.2) is 9.97 Å². The maximum atomic E-state index is 4.65. The van der Waals surface area contributed by atoms with E-state index < -0.39 is 0 Å². The molecule has 0 radical (unpaired) electrons. The zero-order chi connectivity index (χ0) is 14.9. The number of anilines is 1. The van der Waals surface area contributed by atoms with Crippen molar-refractivity contribution in [2.24, 2.45) is 0 Å². The Labute approximate surface area is 129 Å². The van der Waals surface area contributed by atoms with Gasteiger partial charge in [0, 0.05) is 28.9 Å². The lowest BCUT2D eigenvalue weighted by atomic mass is 9.93. The summed E-state index contributed by atoms with van der Waals surface area (Å²) in [6.07, 6.45) is 1.82. The van der Waals surface area contributed by atoms with E-state index in [1.165, 1.54) is 10.9 Å². The highest BCUT2D eigenvalue weighted by Crippen LogP contribution is 2.26. The first-order chi connectivity index (χ1) is 10.0. The molecule has 0 saturated carbocycles. The van der Waals surface area contributed by atoms with Crippen molar-refractivity contribution in [1.29, 1.82) is 0 Å². The maximum absolute atomic E-state index is 4.65. The largest absolute Gasteiger partial charge is 0.357 e. The zero-order valence-electron chi connectivity index (χ0n) is 12.6. The molecule has 4 heteroatoms. The number of aromatic nitrogens is 2. The van der Waals surface area contributed by atoms with Crippen LogP contribution in [0.2, 0.25) is 0 Å². The molecule has 3 rings (SSSR count). The lowest BCUT2D eigenvalue weighted by molar-refractivity contribution is 0.573. The molecule has 21 heavy (non-hydrogen) atoms. The summed E-state index contributed by atoms with van der Waals surface area (Å²) in [5.74, 6) is 0. The average molecular weight is 297 g/mol. The minimum atomic E-state index is 0.102. The molecule has 0 spiro atoms. The van der Waals surface area contributed by atoms with Gasteiger partial charge in [-0.1, -0.05) is 32.9 Å². The summed E-state index contributed by atoms with van der Waals surface area (Å²) in [7, 11) is 0. The lowest BCUT2D eigenvalue weighted by Gasteiger charge is -2.14. The Balaban J connectivity index is 1.73. The van der Waals surface area contributed by atoms with Gasteiger partial charge in [-0.05, 0) is 23.8 Å². The number of thiazole rings is 1. The molecule has 0 fully saturated rings. The predicted octanol–water partition coefficient (Wildman–Crippen LogP) is 4.60. The van der Waals surface area contributed by atoms with Gasteiger partial charge in [0.2, 0.25) is 0 Å². The van der Waals surface area contributed by atoms with Gasteiger partial charge in [-0.15, -0.1) is 11.3 Å². The fraction of sp³-hybridized carbons (Fsp3) is 0.294. The molecule has 0 saturated heterocycles. The van der Waals surface area contributed by atoms with Gasteiger partial charge in [-0.3, -0.25) is 4.98 Å². The lowest BCUT2D eigenvalue weighted by Crippen LogP contribution is -2.11. The maximum Gasteiger partial charge on any atom is 0.183 e. The number of benzene rings is 1. The number of pyridine rings is 1. The van der Waals surface area contributed by atoms with Crippen LogP contribution in [0, 0.1) is 0 Å². The Bertz CT molecular complexity index is 756. The molecule has 2 aromatic heterocycles. The Morgan fingerprint density at radius 1 is 1.19 bits per heavy atom. The van der Waals surface area contributed by atoms with E-state index in [-0.39, 0.29) is 5.41 Å². The van der Waals surface area contributed by atoms with Crippen LogP contribution in [-0.2, 0) is 12.0 Å². The molecule has 0 aliphatic rings.